The maximum absolute atomic E-state index is 5.02. The third-order valence-electron chi connectivity index (χ3n) is 4.64. The Morgan fingerprint density at radius 2 is 1.21 bits per heavy atom. The summed E-state index contributed by atoms with van der Waals surface area (Å²) in [5, 5.41) is 8.32. The Morgan fingerprint density at radius 1 is 0.727 bits per heavy atom. The Kier molecular flexibility index (Phi) is 16.6. The van der Waals surface area contributed by atoms with Gasteiger partial charge in [-0.3, -0.25) is 5.22 Å². The van der Waals surface area contributed by atoms with Crippen LogP contribution in [0.15, 0.2) is 40.7 Å². The molecule has 0 aromatic heterocycles. The largest absolute Gasteiger partial charge is 4.00 e. The van der Waals surface area contributed by atoms with Crippen LogP contribution in [-0.2, 0) is 32.7 Å². The molecule has 0 saturated carbocycles. The van der Waals surface area contributed by atoms with Gasteiger partial charge in [0.25, 0.3) is 0 Å². The van der Waals surface area contributed by atoms with Gasteiger partial charge in [0, 0.05) is 0 Å². The molecule has 0 aliphatic heterocycles. The summed E-state index contributed by atoms with van der Waals surface area (Å²) in [6.45, 7) is 24.5. The van der Waals surface area contributed by atoms with Crippen molar-refractivity contribution in [3.63, 3.8) is 0 Å². The monoisotopic (exact) mass is 581 g/mol. The first-order valence-electron chi connectivity index (χ1n) is 11.7. The van der Waals surface area contributed by atoms with Crippen LogP contribution in [0, 0.1) is 0 Å². The fourth-order valence-electron chi connectivity index (χ4n) is 2.88. The van der Waals surface area contributed by atoms with Gasteiger partial charge >= 0.3 is 26.2 Å². The van der Waals surface area contributed by atoms with Gasteiger partial charge in [-0.15, -0.1) is 19.6 Å². The Morgan fingerprint density at radius 3 is 1.70 bits per heavy atom. The van der Waals surface area contributed by atoms with Crippen LogP contribution in [-0.4, -0.2) is 75.0 Å². The predicted molar refractivity (Wildman–Crippen MR) is 149 cm³/mol. The smallest absolute Gasteiger partial charge is 0.664 e. The van der Waals surface area contributed by atoms with E-state index in [9.17, 15) is 0 Å². The molecule has 0 radical (unpaired) electrons. The average Bonchev–Trinajstić information content (AvgIpc) is 2.66. The summed E-state index contributed by atoms with van der Waals surface area (Å²) in [4.78, 5) is 17.3. The van der Waals surface area contributed by atoms with Crippen molar-refractivity contribution in [3.8, 4) is 0 Å². The predicted octanol–water partition coefficient (Wildman–Crippen LogP) is 6.76. The molecule has 0 N–H and O–H groups in total. The van der Waals surface area contributed by atoms with Gasteiger partial charge in [-0.25, -0.2) is 0 Å². The molecule has 0 aliphatic rings. The van der Waals surface area contributed by atoms with E-state index in [-0.39, 0.29) is 26.2 Å². The fraction of sp³-hybridized carbons (Fsp3) is 0.727. The third kappa shape index (κ3) is 19.9. The molecule has 0 amide bonds. The van der Waals surface area contributed by atoms with Crippen molar-refractivity contribution in [2.24, 2.45) is 10.3 Å². The first-order chi connectivity index (χ1) is 14.9. The second-order valence-corrected chi connectivity index (χ2v) is 24.4. The molecule has 0 spiro atoms. The van der Waals surface area contributed by atoms with Crippen LogP contribution in [0.5, 0.6) is 0 Å². The van der Waals surface area contributed by atoms with Crippen LogP contribution < -0.4 is 0 Å². The third-order valence-corrected chi connectivity index (χ3v) is 8.98. The standard InChI is InChI=1S/C22H45N7Si3.Zr/c1-30(2,3)25-14-17-29(18-15-26-31(4,5)6)19-16-27-32(7,8)21-24-28-23-20-22-12-10-9-11-13-22;/h9-13H,14-21H2,1-8H3;/q-4;+4. The van der Waals surface area contributed by atoms with Gasteiger partial charge in [-0.05, 0) is 31.7 Å². The summed E-state index contributed by atoms with van der Waals surface area (Å²) >= 11 is 0. The normalized spacial score (nSPS) is 12.9. The van der Waals surface area contributed by atoms with E-state index in [0.717, 1.165) is 44.8 Å². The molecule has 1 aromatic rings. The summed E-state index contributed by atoms with van der Waals surface area (Å²) in [7, 11) is -4.49. The van der Waals surface area contributed by atoms with Crippen molar-refractivity contribution in [3.05, 3.63) is 56.3 Å². The van der Waals surface area contributed by atoms with E-state index in [4.69, 9.17) is 14.9 Å². The van der Waals surface area contributed by atoms with Crippen molar-refractivity contribution >= 4 is 24.7 Å². The first-order valence-corrected chi connectivity index (χ1v) is 21.8. The second kappa shape index (κ2) is 16.6. The Hall–Kier alpha value is -0.00623. The quantitative estimate of drug-likeness (QED) is 0.113. The van der Waals surface area contributed by atoms with Gasteiger partial charge in [0.1, 0.15) is 0 Å². The maximum atomic E-state index is 5.02. The molecule has 0 saturated heterocycles. The molecule has 0 heterocycles. The molecule has 1 aromatic carbocycles. The number of benzene rings is 1. The van der Waals surface area contributed by atoms with E-state index in [1.165, 1.54) is 0 Å². The van der Waals surface area contributed by atoms with Crippen molar-refractivity contribution in [2.75, 3.05) is 45.4 Å². The van der Waals surface area contributed by atoms with E-state index < -0.39 is 24.7 Å². The molecule has 0 aliphatic carbocycles. The molecule has 0 unspecified atom stereocenters. The molecule has 184 valence electrons. The van der Waals surface area contributed by atoms with Crippen LogP contribution in [0.3, 0.4) is 0 Å². The molecule has 7 nitrogen and oxygen atoms in total. The molecule has 33 heavy (non-hydrogen) atoms. The molecular formula is C22H45N7Si3Zr. The van der Waals surface area contributed by atoms with Gasteiger partial charge < -0.3 is 30.4 Å². The summed E-state index contributed by atoms with van der Waals surface area (Å²) in [6.07, 6.45) is 0.682. The van der Waals surface area contributed by atoms with Gasteiger partial charge in [0.2, 0.25) is 0 Å². The van der Waals surface area contributed by atoms with Gasteiger partial charge in [0.15, 0.2) is 0 Å². The zero-order valence-electron chi connectivity index (χ0n) is 22.2. The topological polar surface area (TPSA) is 84.4 Å². The van der Waals surface area contributed by atoms with Crippen LogP contribution in [0.25, 0.3) is 20.4 Å². The van der Waals surface area contributed by atoms with E-state index in [1.807, 2.05) is 30.3 Å². The Labute approximate surface area is 225 Å². The van der Waals surface area contributed by atoms with Crippen molar-refractivity contribution in [2.45, 2.75) is 58.9 Å². The Bertz CT molecular complexity index is 630. The maximum Gasteiger partial charge on any atom is 4.00 e. The van der Waals surface area contributed by atoms with Gasteiger partial charge in [-0.2, -0.15) is 0 Å². The minimum atomic E-state index is -1.78. The van der Waals surface area contributed by atoms with Gasteiger partial charge in [0.05, 0.1) is 0 Å². The summed E-state index contributed by atoms with van der Waals surface area (Å²) < 4.78 is 0. The van der Waals surface area contributed by atoms with Gasteiger partial charge in [-0.1, -0.05) is 114 Å². The minimum absolute atomic E-state index is 0. The number of rotatable bonds is 17. The van der Waals surface area contributed by atoms with Crippen LogP contribution in [0.2, 0.25) is 52.4 Å². The number of hydrogen-bond donors (Lipinski definition) is 0. The summed E-state index contributed by atoms with van der Waals surface area (Å²) in [6, 6.07) is 10.1. The van der Waals surface area contributed by atoms with Crippen LogP contribution in [0.1, 0.15) is 5.56 Å². The zero-order valence-corrected chi connectivity index (χ0v) is 27.6. The summed E-state index contributed by atoms with van der Waals surface area (Å²) in [5.41, 5.74) is 5.32. The van der Waals surface area contributed by atoms with E-state index >= 15 is 0 Å². The molecule has 0 bridgehead atoms. The van der Waals surface area contributed by atoms with E-state index in [1.54, 1.807) is 0 Å². The fourth-order valence-corrected chi connectivity index (χ4v) is 5.64. The molecule has 11 heteroatoms. The van der Waals surface area contributed by atoms with E-state index in [2.05, 4.69) is 73.0 Å². The second-order valence-electron chi connectivity index (χ2n) is 10.8. The first kappa shape index (κ1) is 33.0. The van der Waals surface area contributed by atoms with Crippen LogP contribution in [0.4, 0.5) is 0 Å². The average molecular weight is 583 g/mol. The molecule has 1 rings (SSSR count). The molecule has 0 atom stereocenters. The summed E-state index contributed by atoms with van der Waals surface area (Å²) in [5.74, 6) is 0. The minimum Gasteiger partial charge on any atom is -0.664 e. The zero-order chi connectivity index (χ0) is 24.1. The van der Waals surface area contributed by atoms with Crippen molar-refractivity contribution in [1.82, 2.24) is 4.90 Å². The number of nitrogens with zero attached hydrogens (tertiary/aromatic N) is 7. The molecule has 0 fully saturated rings. The SMILES string of the molecule is C[Si](C)(C)[N-]CCN(CC[N-][Si](C)(C)C)CC[N-][Si](C)(C)C/N=N/[N-]Cc1ccccc1.[Zr+4]. The van der Waals surface area contributed by atoms with Crippen molar-refractivity contribution in [1.29, 1.82) is 0 Å². The van der Waals surface area contributed by atoms with E-state index in [0.29, 0.717) is 12.7 Å². The molecular weight excluding hydrogens is 538 g/mol. The Balaban J connectivity index is 0.0000102. The van der Waals surface area contributed by atoms with Crippen LogP contribution >= 0.6 is 0 Å². The number of hydrogen-bond acceptors (Lipinski definition) is 3. The van der Waals surface area contributed by atoms with Crippen molar-refractivity contribution < 1.29 is 26.2 Å².